The fourth-order valence-corrected chi connectivity index (χ4v) is 17.9. The molecule has 0 atom stereocenters. The van der Waals surface area contributed by atoms with Crippen molar-refractivity contribution in [2.45, 2.75) is 5.41 Å². The molecule has 380 valence electrons. The molecule has 12 aromatic carbocycles. The van der Waals surface area contributed by atoms with Gasteiger partial charge in [0, 0.05) is 33.2 Å². The molecule has 0 saturated heterocycles. The van der Waals surface area contributed by atoms with Gasteiger partial charge in [-0.1, -0.05) is 279 Å². The van der Waals surface area contributed by atoms with E-state index in [1.807, 2.05) is 18.2 Å². The summed E-state index contributed by atoms with van der Waals surface area (Å²) in [5, 5.41) is 7.53. The Balaban J connectivity index is 0.951. The Morgan fingerprint density at radius 3 is 1.30 bits per heavy atom. The van der Waals surface area contributed by atoms with Crippen molar-refractivity contribution in [3.63, 3.8) is 0 Å². The molecule has 81 heavy (non-hydrogen) atoms. The predicted molar refractivity (Wildman–Crippen MR) is 337 cm³/mol. The third kappa shape index (κ3) is 7.84. The third-order valence-electron chi connectivity index (χ3n) is 16.7. The molecule has 2 heterocycles. The zero-order valence-corrected chi connectivity index (χ0v) is 45.3. The maximum atomic E-state index is 5.47. The topological polar surface area (TPSA) is 43.6 Å². The van der Waals surface area contributed by atoms with Crippen LogP contribution in [0.4, 0.5) is 0 Å². The summed E-state index contributed by atoms with van der Waals surface area (Å²) in [6, 6.07) is 115. The molecule has 4 nitrogen and oxygen atoms in total. The summed E-state index contributed by atoms with van der Waals surface area (Å²) in [5.74, 6) is 1.82. The number of benzene rings is 12. The highest BCUT2D eigenvalue weighted by molar-refractivity contribution is 7.19. The number of fused-ring (bicyclic) bond motifs is 6. The lowest BCUT2D eigenvalue weighted by Gasteiger charge is -2.34. The van der Waals surface area contributed by atoms with E-state index in [0.29, 0.717) is 17.5 Å². The second kappa shape index (κ2) is 19.8. The number of rotatable bonds is 11. The quantitative estimate of drug-likeness (QED) is 0.0958. The number of nitrogens with zero attached hydrogens (tertiary/aromatic N) is 4. The maximum absolute atomic E-state index is 5.47. The molecule has 5 heteroatoms. The fraction of sp³-hybridized carbons (Fsp3) is 0.0132. The van der Waals surface area contributed by atoms with Gasteiger partial charge in [-0.3, -0.25) is 0 Å². The van der Waals surface area contributed by atoms with Crippen LogP contribution < -0.4 is 20.7 Å². The molecule has 0 N–H and O–H groups in total. The van der Waals surface area contributed by atoms with Gasteiger partial charge in [-0.2, -0.15) is 0 Å². The average molecular weight is 1050 g/mol. The van der Waals surface area contributed by atoms with E-state index in [1.165, 1.54) is 76.0 Å². The Morgan fingerprint density at radius 1 is 0.272 bits per heavy atom. The van der Waals surface area contributed by atoms with Crippen LogP contribution in [0.1, 0.15) is 22.3 Å². The van der Waals surface area contributed by atoms with Crippen LogP contribution in [0.2, 0.25) is 0 Å². The highest BCUT2D eigenvalue weighted by Gasteiger charge is 2.47. The van der Waals surface area contributed by atoms with Crippen LogP contribution in [0.3, 0.4) is 0 Å². The molecule has 14 aromatic rings. The molecule has 1 aliphatic carbocycles. The molecule has 0 amide bonds. The maximum Gasteiger partial charge on any atom is 0.179 e. The molecular formula is C76H52N4Si. The van der Waals surface area contributed by atoms with Crippen molar-refractivity contribution in [1.82, 2.24) is 19.5 Å². The summed E-state index contributed by atoms with van der Waals surface area (Å²) in [4.78, 5) is 16.1. The lowest BCUT2D eigenvalue weighted by atomic mass is 9.67. The summed E-state index contributed by atoms with van der Waals surface area (Å²) < 4.78 is 2.46. The Morgan fingerprint density at radius 2 is 0.716 bits per heavy atom. The molecule has 0 fully saturated rings. The second-order valence-electron chi connectivity index (χ2n) is 21.0. The summed E-state index contributed by atoms with van der Waals surface area (Å²) in [6.07, 6.45) is 0. The van der Waals surface area contributed by atoms with Crippen LogP contribution in [0.25, 0.3) is 83.9 Å². The number of hydrogen-bond acceptors (Lipinski definition) is 3. The van der Waals surface area contributed by atoms with Crippen LogP contribution in [-0.2, 0) is 5.41 Å². The first-order valence-electron chi connectivity index (χ1n) is 27.8. The smallest absolute Gasteiger partial charge is 0.179 e. The van der Waals surface area contributed by atoms with E-state index in [9.17, 15) is 0 Å². The molecule has 15 rings (SSSR count). The lowest BCUT2D eigenvalue weighted by molar-refractivity contribution is 0.769. The molecule has 0 unspecified atom stereocenters. The minimum atomic E-state index is -2.87. The average Bonchev–Trinajstić information content (AvgIpc) is 4.20. The monoisotopic (exact) mass is 1050 g/mol. The zero-order chi connectivity index (χ0) is 53.7. The van der Waals surface area contributed by atoms with Crippen LogP contribution in [0.15, 0.2) is 315 Å². The third-order valence-corrected chi connectivity index (χ3v) is 21.4. The highest BCUT2D eigenvalue weighted by atomic mass is 28.3. The van der Waals surface area contributed by atoms with E-state index in [2.05, 4.69) is 302 Å². The van der Waals surface area contributed by atoms with Gasteiger partial charge in [0.25, 0.3) is 0 Å². The van der Waals surface area contributed by atoms with Crippen molar-refractivity contribution in [3.05, 3.63) is 338 Å². The van der Waals surface area contributed by atoms with Gasteiger partial charge in [0.05, 0.1) is 16.4 Å². The van der Waals surface area contributed by atoms with Crippen molar-refractivity contribution in [2.24, 2.45) is 0 Å². The predicted octanol–water partition coefficient (Wildman–Crippen LogP) is 15.4. The van der Waals surface area contributed by atoms with E-state index in [1.54, 1.807) is 0 Å². The number of aromatic nitrogens is 4. The fourth-order valence-electron chi connectivity index (χ4n) is 13.1. The molecule has 0 spiro atoms. The van der Waals surface area contributed by atoms with E-state index < -0.39 is 13.5 Å². The van der Waals surface area contributed by atoms with Gasteiger partial charge in [0.1, 0.15) is 0 Å². The Kier molecular flexibility index (Phi) is 11.7. The highest BCUT2D eigenvalue weighted by Crippen LogP contribution is 2.57. The van der Waals surface area contributed by atoms with Gasteiger partial charge in [-0.05, 0) is 102 Å². The van der Waals surface area contributed by atoms with Gasteiger partial charge in [0.2, 0.25) is 0 Å². The summed E-state index contributed by atoms with van der Waals surface area (Å²) in [7, 11) is -2.87. The van der Waals surface area contributed by atoms with E-state index in [4.69, 9.17) is 15.0 Å². The van der Waals surface area contributed by atoms with Crippen molar-refractivity contribution in [1.29, 1.82) is 0 Å². The molecule has 0 saturated carbocycles. The van der Waals surface area contributed by atoms with E-state index in [0.717, 1.165) is 33.4 Å². The molecule has 1 aliphatic rings. The Hall–Kier alpha value is -10.3. The lowest BCUT2D eigenvalue weighted by Crippen LogP contribution is -2.74. The van der Waals surface area contributed by atoms with Gasteiger partial charge >= 0.3 is 0 Å². The number of hydrogen-bond donors (Lipinski definition) is 0. The SMILES string of the molecule is c1ccc(-c2ccc3c(c2)c2cc4c(cc2n3-c2cccc(-c3nc(-c5ccccc5)nc(-c5cccc([Si](c6ccccc6)(c6ccccc6)c6ccccc6)c5)n3)c2)C(c2ccccc2)(c2ccccc2)c2ccccc2-4)cc1. The summed E-state index contributed by atoms with van der Waals surface area (Å²) in [6.45, 7) is 0. The van der Waals surface area contributed by atoms with Crippen molar-refractivity contribution < 1.29 is 0 Å². The van der Waals surface area contributed by atoms with Crippen molar-refractivity contribution in [2.75, 3.05) is 0 Å². The standard InChI is InChI=1S/C76H52N4Si/c1-8-26-53(27-9-1)55-46-47-71-67(50-55)68-51-66-65-44-22-23-45-69(65)76(58-32-12-3-13-33-58,59-34-14-4-15-35-59)70(66)52-72(68)80(71)60-36-24-30-56(48-60)74-77-73(54-28-10-2-11-29-54)78-75(79-74)57-31-25-43-64(49-57)81(61-37-16-5-17-38-61,62-39-18-6-19-40-62)63-41-20-7-21-42-63/h1-52H. The van der Waals surface area contributed by atoms with Gasteiger partial charge < -0.3 is 4.57 Å². The molecule has 0 bridgehead atoms. The molecule has 0 radical (unpaired) electrons. The second-order valence-corrected chi connectivity index (χ2v) is 24.8. The van der Waals surface area contributed by atoms with Gasteiger partial charge in [-0.15, -0.1) is 0 Å². The summed E-state index contributed by atoms with van der Waals surface area (Å²) in [5.41, 5.74) is 15.3. The molecule has 0 aliphatic heterocycles. The minimum Gasteiger partial charge on any atom is -0.309 e. The zero-order valence-electron chi connectivity index (χ0n) is 44.3. The van der Waals surface area contributed by atoms with Crippen LogP contribution in [0.5, 0.6) is 0 Å². The molecule has 2 aromatic heterocycles. The van der Waals surface area contributed by atoms with E-state index in [-0.39, 0.29) is 0 Å². The normalized spacial score (nSPS) is 12.5. The van der Waals surface area contributed by atoms with E-state index >= 15 is 0 Å². The largest absolute Gasteiger partial charge is 0.309 e. The summed E-state index contributed by atoms with van der Waals surface area (Å²) >= 11 is 0. The Labute approximate surface area is 472 Å². The minimum absolute atomic E-state index is 0.571. The van der Waals surface area contributed by atoms with Crippen molar-refractivity contribution >= 4 is 50.6 Å². The Bertz CT molecular complexity index is 4470. The van der Waals surface area contributed by atoms with Gasteiger partial charge in [0.15, 0.2) is 25.5 Å². The molecular weight excluding hydrogens is 997 g/mol. The van der Waals surface area contributed by atoms with Crippen molar-refractivity contribution in [3.8, 4) is 62.1 Å². The van der Waals surface area contributed by atoms with Crippen LogP contribution >= 0.6 is 0 Å². The first-order valence-corrected chi connectivity index (χ1v) is 29.8. The van der Waals surface area contributed by atoms with Crippen LogP contribution in [0, 0.1) is 0 Å². The van der Waals surface area contributed by atoms with Crippen LogP contribution in [-0.4, -0.2) is 27.6 Å². The van der Waals surface area contributed by atoms with Gasteiger partial charge in [-0.25, -0.2) is 15.0 Å². The first-order chi connectivity index (χ1) is 40.2. The first kappa shape index (κ1) is 47.8.